The summed E-state index contributed by atoms with van der Waals surface area (Å²) in [6.45, 7) is 4.33. The van der Waals surface area contributed by atoms with Crippen molar-refractivity contribution >= 4 is 34.6 Å². The lowest BCUT2D eigenvalue weighted by atomic mass is 9.96. The molecule has 154 valence electrons. The number of nitrogens with one attached hydrogen (secondary N) is 1. The Bertz CT molecular complexity index is 1130. The minimum Gasteiger partial charge on any atom is -0.506 e. The molecule has 1 aliphatic carbocycles. The minimum atomic E-state index is -0.157. The molecule has 0 amide bonds. The van der Waals surface area contributed by atoms with Crippen LogP contribution in [-0.4, -0.2) is 19.8 Å². The molecule has 2 aromatic heterocycles. The van der Waals surface area contributed by atoms with Crippen molar-refractivity contribution in [3.05, 3.63) is 76.3 Å². The van der Waals surface area contributed by atoms with Crippen molar-refractivity contribution in [3.8, 4) is 5.75 Å². The van der Waals surface area contributed by atoms with Crippen molar-refractivity contribution in [2.75, 3.05) is 4.90 Å². The first-order valence-electron chi connectivity index (χ1n) is 10.1. The van der Waals surface area contributed by atoms with Gasteiger partial charge in [-0.25, -0.2) is 0 Å². The molecule has 0 bridgehead atoms. The second-order valence-corrected chi connectivity index (χ2v) is 8.88. The van der Waals surface area contributed by atoms with E-state index in [-0.39, 0.29) is 17.8 Å². The summed E-state index contributed by atoms with van der Waals surface area (Å²) in [5.74, 6) is 0.145. The summed E-state index contributed by atoms with van der Waals surface area (Å²) in [4.78, 5) is 6.58. The highest BCUT2D eigenvalue weighted by Gasteiger charge is 2.43. The molecule has 30 heavy (non-hydrogen) atoms. The molecular weight excluding hydrogens is 416 g/mol. The van der Waals surface area contributed by atoms with E-state index in [1.807, 2.05) is 23.1 Å². The summed E-state index contributed by atoms with van der Waals surface area (Å²) in [6, 6.07) is 13.5. The maximum absolute atomic E-state index is 10.7. The maximum atomic E-state index is 10.7. The normalized spacial score (nSPS) is 21.2. The average molecular weight is 439 g/mol. The fourth-order valence-electron chi connectivity index (χ4n) is 4.62. The zero-order chi connectivity index (χ0) is 21.0. The van der Waals surface area contributed by atoms with E-state index in [1.54, 1.807) is 24.4 Å². The lowest BCUT2D eigenvalue weighted by Crippen LogP contribution is -2.29. The summed E-state index contributed by atoms with van der Waals surface area (Å²) >= 11 is 12.0. The van der Waals surface area contributed by atoms with Crippen molar-refractivity contribution in [1.82, 2.24) is 14.9 Å². The van der Waals surface area contributed by atoms with Crippen molar-refractivity contribution in [1.29, 1.82) is 0 Å². The Morgan fingerprint density at radius 3 is 2.67 bits per heavy atom. The van der Waals surface area contributed by atoms with Gasteiger partial charge in [0, 0.05) is 28.6 Å². The minimum absolute atomic E-state index is 0.145. The number of pyridine rings is 1. The topological polar surface area (TPSA) is 53.3 Å². The van der Waals surface area contributed by atoms with Gasteiger partial charge < -0.3 is 19.9 Å². The zero-order valence-corrected chi connectivity index (χ0v) is 18.4. The van der Waals surface area contributed by atoms with Gasteiger partial charge in [0.25, 0.3) is 0 Å². The number of phenols is 1. The third kappa shape index (κ3) is 3.15. The van der Waals surface area contributed by atoms with Crippen molar-refractivity contribution in [2.24, 2.45) is 0 Å². The van der Waals surface area contributed by atoms with Gasteiger partial charge >= 0.3 is 0 Å². The second-order valence-electron chi connectivity index (χ2n) is 8.06. The number of nitrogens with zero attached hydrogens (tertiary/aromatic N) is 3. The number of anilines is 1. The smallest absolute Gasteiger partial charge is 0.174 e. The van der Waals surface area contributed by atoms with Gasteiger partial charge in [0.1, 0.15) is 5.75 Å². The lowest BCUT2D eigenvalue weighted by Gasteiger charge is -2.28. The molecule has 1 saturated carbocycles. The highest BCUT2D eigenvalue weighted by atomic mass is 35.5. The van der Waals surface area contributed by atoms with Gasteiger partial charge in [-0.05, 0) is 80.9 Å². The van der Waals surface area contributed by atoms with E-state index in [0.717, 1.165) is 5.69 Å². The van der Waals surface area contributed by atoms with Crippen LogP contribution in [0, 0.1) is 13.8 Å². The van der Waals surface area contributed by atoms with E-state index in [2.05, 4.69) is 34.8 Å². The number of aromatic nitrogens is 2. The Hall–Kier alpha value is -2.57. The van der Waals surface area contributed by atoms with Crippen LogP contribution in [0.5, 0.6) is 5.75 Å². The van der Waals surface area contributed by atoms with Gasteiger partial charge in [-0.2, -0.15) is 0 Å². The van der Waals surface area contributed by atoms with Gasteiger partial charge in [0.15, 0.2) is 5.11 Å². The first-order chi connectivity index (χ1) is 14.5. The molecule has 0 radical (unpaired) electrons. The largest absolute Gasteiger partial charge is 0.506 e. The lowest BCUT2D eigenvalue weighted by molar-refractivity contribution is 0.472. The van der Waals surface area contributed by atoms with Gasteiger partial charge in [0.2, 0.25) is 0 Å². The summed E-state index contributed by atoms with van der Waals surface area (Å²) in [5.41, 5.74) is 5.17. The third-order valence-electron chi connectivity index (χ3n) is 6.05. The molecule has 3 heterocycles. The number of halogens is 1. The SMILES string of the molecule is Cc1cc(C2C(c3ccccn3)NC(=S)N2c2cc(Cl)ccc2O)c(C)n1C1CC1. The summed E-state index contributed by atoms with van der Waals surface area (Å²) in [7, 11) is 0. The molecule has 3 aromatic rings. The molecule has 1 saturated heterocycles. The zero-order valence-electron chi connectivity index (χ0n) is 16.8. The highest BCUT2D eigenvalue weighted by molar-refractivity contribution is 7.80. The fraction of sp³-hybridized carbons (Fsp3) is 0.304. The molecule has 7 heteroatoms. The van der Waals surface area contributed by atoms with Gasteiger partial charge in [-0.1, -0.05) is 17.7 Å². The van der Waals surface area contributed by atoms with Gasteiger partial charge in [-0.3, -0.25) is 4.98 Å². The first kappa shape index (κ1) is 19.4. The number of rotatable bonds is 4. The molecule has 2 fully saturated rings. The van der Waals surface area contributed by atoms with Crippen LogP contribution in [0.1, 0.15) is 53.6 Å². The Kier molecular flexibility index (Phi) is 4.71. The van der Waals surface area contributed by atoms with E-state index < -0.39 is 0 Å². The van der Waals surface area contributed by atoms with Crippen LogP contribution >= 0.6 is 23.8 Å². The predicted molar refractivity (Wildman–Crippen MR) is 123 cm³/mol. The number of hydrogen-bond acceptors (Lipinski definition) is 3. The standard InChI is InChI=1S/C23H23ClN4OS/c1-13-11-17(14(2)27(13)16-7-8-16)22-21(18-5-3-4-10-25-18)26-23(30)28(22)19-12-15(24)6-9-20(19)29/h3-6,9-12,16,21-22,29H,7-8H2,1-2H3,(H,26,30). The average Bonchev–Trinajstić information content (AvgIpc) is 3.44. The molecular formula is C23H23ClN4OS. The number of aryl methyl sites for hydroxylation is 1. The number of phenolic OH excluding ortho intramolecular Hbond substituents is 1. The number of benzene rings is 1. The van der Waals surface area contributed by atoms with E-state index in [9.17, 15) is 5.11 Å². The Morgan fingerprint density at radius 1 is 1.17 bits per heavy atom. The highest BCUT2D eigenvalue weighted by Crippen LogP contribution is 2.47. The molecule has 1 aliphatic heterocycles. The van der Waals surface area contributed by atoms with E-state index in [4.69, 9.17) is 23.8 Å². The summed E-state index contributed by atoms with van der Waals surface area (Å²) in [5, 5.41) is 15.2. The van der Waals surface area contributed by atoms with Crippen LogP contribution in [0.3, 0.4) is 0 Å². The van der Waals surface area contributed by atoms with E-state index in [0.29, 0.717) is 21.9 Å². The van der Waals surface area contributed by atoms with Crippen LogP contribution in [0.25, 0.3) is 0 Å². The second kappa shape index (κ2) is 7.29. The number of thiocarbonyl (C=S) groups is 1. The molecule has 2 aliphatic rings. The third-order valence-corrected chi connectivity index (χ3v) is 6.60. The number of hydrogen-bond donors (Lipinski definition) is 2. The molecule has 0 spiro atoms. The van der Waals surface area contributed by atoms with E-state index in [1.165, 1.54) is 29.8 Å². The molecule has 5 rings (SSSR count). The van der Waals surface area contributed by atoms with Crippen molar-refractivity contribution in [2.45, 2.75) is 44.8 Å². The number of aromatic hydroxyl groups is 1. The Balaban J connectivity index is 1.69. The van der Waals surface area contributed by atoms with Crippen LogP contribution in [-0.2, 0) is 0 Å². The molecule has 1 aromatic carbocycles. The molecule has 2 atom stereocenters. The maximum Gasteiger partial charge on any atom is 0.174 e. The first-order valence-corrected chi connectivity index (χ1v) is 10.9. The van der Waals surface area contributed by atoms with Crippen molar-refractivity contribution in [3.63, 3.8) is 0 Å². The Labute approximate surface area is 186 Å². The summed E-state index contributed by atoms with van der Waals surface area (Å²) < 4.78 is 2.43. The van der Waals surface area contributed by atoms with E-state index >= 15 is 0 Å². The van der Waals surface area contributed by atoms with Crippen LogP contribution < -0.4 is 10.2 Å². The monoisotopic (exact) mass is 438 g/mol. The van der Waals surface area contributed by atoms with Crippen LogP contribution in [0.15, 0.2) is 48.7 Å². The Morgan fingerprint density at radius 2 is 1.97 bits per heavy atom. The van der Waals surface area contributed by atoms with Gasteiger partial charge in [0.05, 0.1) is 23.5 Å². The van der Waals surface area contributed by atoms with Crippen LogP contribution in [0.2, 0.25) is 5.02 Å². The van der Waals surface area contributed by atoms with Gasteiger partial charge in [-0.15, -0.1) is 0 Å². The fourth-order valence-corrected chi connectivity index (χ4v) is 5.12. The summed E-state index contributed by atoms with van der Waals surface area (Å²) in [6.07, 6.45) is 4.24. The van der Waals surface area contributed by atoms with Crippen LogP contribution in [0.4, 0.5) is 5.69 Å². The van der Waals surface area contributed by atoms with Crippen molar-refractivity contribution < 1.29 is 5.11 Å². The molecule has 5 nitrogen and oxygen atoms in total. The molecule has 2 N–H and O–H groups in total. The predicted octanol–water partition coefficient (Wildman–Crippen LogP) is 5.37. The quantitative estimate of drug-likeness (QED) is 0.536. The molecule has 2 unspecified atom stereocenters.